The molecule has 0 bridgehead atoms. The summed E-state index contributed by atoms with van der Waals surface area (Å²) in [4.78, 5) is 15.6. The normalized spacial score (nSPS) is 10.4. The number of aromatic nitrogens is 3. The van der Waals surface area contributed by atoms with Gasteiger partial charge >= 0.3 is 5.97 Å². The van der Waals surface area contributed by atoms with Gasteiger partial charge in [0.1, 0.15) is 19.0 Å². The van der Waals surface area contributed by atoms with Gasteiger partial charge in [0, 0.05) is 11.6 Å². The van der Waals surface area contributed by atoms with E-state index in [9.17, 15) is 4.79 Å². The van der Waals surface area contributed by atoms with Crippen LogP contribution in [0.5, 0.6) is 0 Å². The number of aryl methyl sites for hydroxylation is 1. The summed E-state index contributed by atoms with van der Waals surface area (Å²) in [6, 6.07) is 1.62. The Bertz CT molecular complexity index is 520. The van der Waals surface area contributed by atoms with Crippen LogP contribution in [0.3, 0.4) is 0 Å². The Kier molecular flexibility index (Phi) is 3.38. The fourth-order valence-corrected chi connectivity index (χ4v) is 1.87. The predicted molar refractivity (Wildman–Crippen MR) is 63.3 cm³/mol. The molecule has 90 valence electrons. The van der Waals surface area contributed by atoms with E-state index in [0.29, 0.717) is 5.82 Å². The second-order valence-electron chi connectivity index (χ2n) is 3.46. The van der Waals surface area contributed by atoms with Crippen molar-refractivity contribution >= 4 is 23.1 Å². The third-order valence-corrected chi connectivity index (χ3v) is 2.82. The molecule has 0 unspecified atom stereocenters. The highest BCUT2D eigenvalue weighted by atomic mass is 32.1. The summed E-state index contributed by atoms with van der Waals surface area (Å²) in [6.45, 7) is 2.16. The molecule has 2 rings (SSSR count). The largest absolute Gasteiger partial charge is 0.458 e. The lowest BCUT2D eigenvalue weighted by atomic mass is 10.5. The van der Waals surface area contributed by atoms with Crippen molar-refractivity contribution in [3.05, 3.63) is 28.3 Å². The number of rotatable bonds is 4. The molecule has 0 aliphatic heterocycles. The van der Waals surface area contributed by atoms with E-state index in [0.717, 1.165) is 10.7 Å². The molecule has 0 spiro atoms. The number of esters is 1. The lowest BCUT2D eigenvalue weighted by Gasteiger charge is -2.02. The number of ether oxygens (including phenoxy) is 1. The van der Waals surface area contributed by atoms with E-state index in [-0.39, 0.29) is 19.1 Å². The van der Waals surface area contributed by atoms with Crippen molar-refractivity contribution in [2.24, 2.45) is 0 Å². The fraction of sp³-hybridized carbons (Fsp3) is 0.300. The minimum Gasteiger partial charge on any atom is -0.458 e. The van der Waals surface area contributed by atoms with Crippen LogP contribution in [0.1, 0.15) is 10.7 Å². The molecule has 0 aliphatic rings. The molecule has 0 fully saturated rings. The Labute approximate surface area is 102 Å². The molecular weight excluding hydrogens is 240 g/mol. The number of thiazole rings is 1. The summed E-state index contributed by atoms with van der Waals surface area (Å²) >= 11 is 1.53. The lowest BCUT2D eigenvalue weighted by molar-refractivity contribution is -0.146. The van der Waals surface area contributed by atoms with Gasteiger partial charge in [-0.2, -0.15) is 5.10 Å². The van der Waals surface area contributed by atoms with Gasteiger partial charge in [0.15, 0.2) is 0 Å². The highest BCUT2D eigenvalue weighted by Crippen LogP contribution is 2.09. The number of nitrogens with zero attached hydrogens (tertiary/aromatic N) is 3. The summed E-state index contributed by atoms with van der Waals surface area (Å²) in [5.74, 6) is 0.0201. The first kappa shape index (κ1) is 11.6. The molecule has 2 aromatic rings. The number of carbonyl (C=O) groups excluding carboxylic acids is 1. The molecule has 6 nitrogen and oxygen atoms in total. The molecule has 0 amide bonds. The van der Waals surface area contributed by atoms with E-state index >= 15 is 0 Å². The van der Waals surface area contributed by atoms with Crippen LogP contribution in [0, 0.1) is 6.92 Å². The maximum absolute atomic E-state index is 11.5. The number of carbonyl (C=O) groups is 1. The lowest BCUT2D eigenvalue weighted by Crippen LogP contribution is -2.14. The summed E-state index contributed by atoms with van der Waals surface area (Å²) < 4.78 is 6.49. The van der Waals surface area contributed by atoms with Gasteiger partial charge in [0.25, 0.3) is 0 Å². The van der Waals surface area contributed by atoms with E-state index in [1.165, 1.54) is 16.0 Å². The van der Waals surface area contributed by atoms with E-state index in [1.54, 1.807) is 12.3 Å². The molecule has 2 heterocycles. The third-order valence-electron chi connectivity index (χ3n) is 2.00. The van der Waals surface area contributed by atoms with Crippen LogP contribution in [-0.2, 0) is 22.7 Å². The first-order valence-electron chi connectivity index (χ1n) is 4.99. The Morgan fingerprint density at radius 1 is 1.65 bits per heavy atom. The van der Waals surface area contributed by atoms with Crippen LogP contribution in [-0.4, -0.2) is 20.7 Å². The average Bonchev–Trinajstić information content (AvgIpc) is 2.85. The van der Waals surface area contributed by atoms with Gasteiger partial charge in [-0.05, 0) is 13.0 Å². The summed E-state index contributed by atoms with van der Waals surface area (Å²) in [5.41, 5.74) is 6.19. The van der Waals surface area contributed by atoms with E-state index in [2.05, 4.69) is 10.1 Å². The second kappa shape index (κ2) is 4.96. The summed E-state index contributed by atoms with van der Waals surface area (Å²) in [7, 11) is 0. The smallest absolute Gasteiger partial charge is 0.328 e. The van der Waals surface area contributed by atoms with Crippen molar-refractivity contribution < 1.29 is 9.53 Å². The highest BCUT2D eigenvalue weighted by molar-refractivity contribution is 7.09. The van der Waals surface area contributed by atoms with E-state index in [1.807, 2.05) is 12.3 Å². The molecule has 0 aromatic carbocycles. The Morgan fingerprint density at radius 2 is 2.47 bits per heavy atom. The molecule has 7 heteroatoms. The fourth-order valence-electron chi connectivity index (χ4n) is 1.27. The molecule has 17 heavy (non-hydrogen) atoms. The van der Waals surface area contributed by atoms with Crippen molar-refractivity contribution in [1.82, 2.24) is 14.8 Å². The molecule has 0 radical (unpaired) electrons. The van der Waals surface area contributed by atoms with Gasteiger partial charge in [-0.15, -0.1) is 11.3 Å². The molecule has 0 aliphatic carbocycles. The number of anilines is 1. The zero-order valence-corrected chi connectivity index (χ0v) is 10.1. The molecule has 0 saturated carbocycles. The molecule has 2 N–H and O–H groups in total. The van der Waals surface area contributed by atoms with Gasteiger partial charge in [0.2, 0.25) is 0 Å². The zero-order chi connectivity index (χ0) is 12.3. The quantitative estimate of drug-likeness (QED) is 0.820. The molecule has 0 atom stereocenters. The summed E-state index contributed by atoms with van der Waals surface area (Å²) in [5, 5.41) is 6.71. The number of nitrogens with two attached hydrogens (primary N) is 1. The minimum atomic E-state index is -0.362. The topological polar surface area (TPSA) is 83.0 Å². The van der Waals surface area contributed by atoms with Crippen molar-refractivity contribution in [3.8, 4) is 0 Å². The maximum atomic E-state index is 11.5. The molecule has 2 aromatic heterocycles. The van der Waals surface area contributed by atoms with Crippen LogP contribution < -0.4 is 5.73 Å². The van der Waals surface area contributed by atoms with Crippen LogP contribution in [0.25, 0.3) is 0 Å². The monoisotopic (exact) mass is 252 g/mol. The van der Waals surface area contributed by atoms with Crippen molar-refractivity contribution in [2.75, 3.05) is 5.73 Å². The first-order chi connectivity index (χ1) is 8.13. The van der Waals surface area contributed by atoms with Gasteiger partial charge in [0.05, 0.1) is 10.7 Å². The van der Waals surface area contributed by atoms with Gasteiger partial charge < -0.3 is 10.5 Å². The standard InChI is InChI=1S/C10H12N4O2S/c1-7-12-8(6-17-7)5-16-10(15)4-14-3-2-9(11)13-14/h2-3,6H,4-5H2,1H3,(H2,11,13). The zero-order valence-electron chi connectivity index (χ0n) is 9.29. The van der Waals surface area contributed by atoms with E-state index < -0.39 is 0 Å². The second-order valence-corrected chi connectivity index (χ2v) is 4.52. The van der Waals surface area contributed by atoms with Crippen LogP contribution in [0.2, 0.25) is 0 Å². The minimum absolute atomic E-state index is 0.0559. The maximum Gasteiger partial charge on any atom is 0.328 e. The Hall–Kier alpha value is -1.89. The SMILES string of the molecule is Cc1nc(COC(=O)Cn2ccc(N)n2)cs1. The van der Waals surface area contributed by atoms with Crippen LogP contribution in [0.15, 0.2) is 17.6 Å². The van der Waals surface area contributed by atoms with E-state index in [4.69, 9.17) is 10.5 Å². The molecule has 0 saturated heterocycles. The first-order valence-corrected chi connectivity index (χ1v) is 5.87. The Morgan fingerprint density at radius 3 is 3.06 bits per heavy atom. The third kappa shape index (κ3) is 3.28. The van der Waals surface area contributed by atoms with Gasteiger partial charge in [-0.3, -0.25) is 9.48 Å². The number of nitrogen functional groups attached to an aromatic ring is 1. The summed E-state index contributed by atoms with van der Waals surface area (Å²) in [6.07, 6.45) is 1.63. The van der Waals surface area contributed by atoms with Gasteiger partial charge in [-0.1, -0.05) is 0 Å². The van der Waals surface area contributed by atoms with Crippen molar-refractivity contribution in [3.63, 3.8) is 0 Å². The van der Waals surface area contributed by atoms with Crippen molar-refractivity contribution in [1.29, 1.82) is 0 Å². The Balaban J connectivity index is 1.82. The highest BCUT2D eigenvalue weighted by Gasteiger charge is 2.07. The van der Waals surface area contributed by atoms with Crippen molar-refractivity contribution in [2.45, 2.75) is 20.1 Å². The number of hydrogen-bond donors (Lipinski definition) is 1. The van der Waals surface area contributed by atoms with Crippen LogP contribution >= 0.6 is 11.3 Å². The number of hydrogen-bond acceptors (Lipinski definition) is 6. The van der Waals surface area contributed by atoms with Crippen LogP contribution in [0.4, 0.5) is 5.82 Å². The predicted octanol–water partition coefficient (Wildman–Crippen LogP) is 0.974. The average molecular weight is 252 g/mol. The molecular formula is C10H12N4O2S. The van der Waals surface area contributed by atoms with Gasteiger partial charge in [-0.25, -0.2) is 4.98 Å².